The highest BCUT2D eigenvalue weighted by Crippen LogP contribution is 2.10. The van der Waals surface area contributed by atoms with Crippen LogP contribution in [0.4, 0.5) is 0 Å². The number of aliphatic hydroxyl groups is 1. The SMILES string of the molecule is CCc1c(CCCO)nc2c(C#N)c[nH]n2c1=O. The molecule has 0 aromatic carbocycles. The van der Waals surface area contributed by atoms with E-state index < -0.39 is 0 Å². The molecule has 2 aromatic rings. The average Bonchev–Trinajstić information content (AvgIpc) is 2.79. The molecule has 0 aliphatic rings. The highest BCUT2D eigenvalue weighted by molar-refractivity contribution is 5.54. The summed E-state index contributed by atoms with van der Waals surface area (Å²) in [5, 5.41) is 20.5. The number of aryl methyl sites for hydroxylation is 1. The Morgan fingerprint density at radius 1 is 1.61 bits per heavy atom. The largest absolute Gasteiger partial charge is 0.396 e. The number of rotatable bonds is 4. The summed E-state index contributed by atoms with van der Waals surface area (Å²) in [5.74, 6) is 0. The van der Waals surface area contributed by atoms with Crippen LogP contribution in [0.25, 0.3) is 5.65 Å². The molecule has 0 aliphatic heterocycles. The van der Waals surface area contributed by atoms with E-state index in [0.29, 0.717) is 41.7 Å². The van der Waals surface area contributed by atoms with Crippen LogP contribution < -0.4 is 5.56 Å². The van der Waals surface area contributed by atoms with Crippen LogP contribution in [0.15, 0.2) is 11.0 Å². The van der Waals surface area contributed by atoms with Crippen LogP contribution in [-0.2, 0) is 12.8 Å². The molecule has 2 N–H and O–H groups in total. The second-order valence-corrected chi connectivity index (χ2v) is 3.98. The van der Waals surface area contributed by atoms with E-state index in [1.807, 2.05) is 13.0 Å². The van der Waals surface area contributed by atoms with Crippen molar-refractivity contribution < 1.29 is 5.11 Å². The van der Waals surface area contributed by atoms with Gasteiger partial charge in [-0.15, -0.1) is 0 Å². The molecular formula is C12H14N4O2. The van der Waals surface area contributed by atoms with Gasteiger partial charge < -0.3 is 5.11 Å². The number of hydrogen-bond acceptors (Lipinski definition) is 4. The summed E-state index contributed by atoms with van der Waals surface area (Å²) in [6.45, 7) is 1.95. The Balaban J connectivity index is 2.68. The summed E-state index contributed by atoms with van der Waals surface area (Å²) in [6, 6.07) is 2.00. The molecule has 0 saturated heterocycles. The van der Waals surface area contributed by atoms with Gasteiger partial charge in [0.1, 0.15) is 11.6 Å². The van der Waals surface area contributed by atoms with E-state index in [1.165, 1.54) is 10.7 Å². The third-order valence-corrected chi connectivity index (χ3v) is 2.89. The first-order valence-electron chi connectivity index (χ1n) is 5.85. The van der Waals surface area contributed by atoms with E-state index >= 15 is 0 Å². The first-order valence-corrected chi connectivity index (χ1v) is 5.85. The van der Waals surface area contributed by atoms with Crippen molar-refractivity contribution in [2.24, 2.45) is 0 Å². The van der Waals surface area contributed by atoms with Gasteiger partial charge >= 0.3 is 0 Å². The normalized spacial score (nSPS) is 10.7. The molecule has 2 heterocycles. The summed E-state index contributed by atoms with van der Waals surface area (Å²) in [6.07, 6.45) is 3.15. The third-order valence-electron chi connectivity index (χ3n) is 2.89. The summed E-state index contributed by atoms with van der Waals surface area (Å²) in [4.78, 5) is 16.6. The zero-order valence-corrected chi connectivity index (χ0v) is 10.1. The van der Waals surface area contributed by atoms with Gasteiger partial charge in [-0.1, -0.05) is 6.92 Å². The predicted octanol–water partition coefficient (Wildman–Crippen LogP) is 0.382. The van der Waals surface area contributed by atoms with E-state index in [9.17, 15) is 4.79 Å². The zero-order chi connectivity index (χ0) is 13.1. The summed E-state index contributed by atoms with van der Waals surface area (Å²) >= 11 is 0. The molecule has 6 heteroatoms. The van der Waals surface area contributed by atoms with Gasteiger partial charge in [0.25, 0.3) is 5.56 Å². The van der Waals surface area contributed by atoms with Gasteiger partial charge in [-0.2, -0.15) is 5.26 Å². The predicted molar refractivity (Wildman–Crippen MR) is 65.3 cm³/mol. The Hall–Kier alpha value is -2.13. The standard InChI is InChI=1S/C12H14N4O2/c1-2-9-10(4-3-5-17)15-11-8(6-13)7-14-16(11)12(9)18/h7,14,17H,2-5H2,1H3. The number of nitrogens with zero attached hydrogens (tertiary/aromatic N) is 3. The molecular weight excluding hydrogens is 232 g/mol. The van der Waals surface area contributed by atoms with Gasteiger partial charge in [0, 0.05) is 18.4 Å². The molecule has 0 saturated carbocycles. The fourth-order valence-corrected chi connectivity index (χ4v) is 1.98. The number of H-pyrrole nitrogens is 1. The van der Waals surface area contributed by atoms with Crippen LogP contribution in [0.1, 0.15) is 30.2 Å². The molecule has 0 atom stereocenters. The van der Waals surface area contributed by atoms with E-state index in [1.54, 1.807) is 0 Å². The highest BCUT2D eigenvalue weighted by Gasteiger charge is 2.14. The first-order chi connectivity index (χ1) is 8.72. The number of fused-ring (bicyclic) bond motifs is 1. The van der Waals surface area contributed by atoms with Gasteiger partial charge in [0.2, 0.25) is 0 Å². The second-order valence-electron chi connectivity index (χ2n) is 3.98. The van der Waals surface area contributed by atoms with Crippen molar-refractivity contribution in [2.45, 2.75) is 26.2 Å². The highest BCUT2D eigenvalue weighted by atomic mass is 16.2. The van der Waals surface area contributed by atoms with Crippen molar-refractivity contribution >= 4 is 5.65 Å². The molecule has 0 unspecified atom stereocenters. The minimum atomic E-state index is -0.170. The van der Waals surface area contributed by atoms with Crippen LogP contribution in [-0.4, -0.2) is 26.3 Å². The van der Waals surface area contributed by atoms with Crippen molar-refractivity contribution in [2.75, 3.05) is 6.61 Å². The van der Waals surface area contributed by atoms with Gasteiger partial charge in [-0.25, -0.2) is 9.50 Å². The maximum absolute atomic E-state index is 12.2. The molecule has 0 spiro atoms. The van der Waals surface area contributed by atoms with Gasteiger partial charge in [0.05, 0.1) is 5.69 Å². The van der Waals surface area contributed by atoms with Crippen molar-refractivity contribution in [3.05, 3.63) is 33.4 Å². The summed E-state index contributed by atoms with van der Waals surface area (Å²) in [7, 11) is 0. The van der Waals surface area contributed by atoms with Crippen LogP contribution in [0, 0.1) is 11.3 Å². The Labute approximate surface area is 103 Å². The fraction of sp³-hybridized carbons (Fsp3) is 0.417. The molecule has 0 amide bonds. The van der Waals surface area contributed by atoms with E-state index in [4.69, 9.17) is 10.4 Å². The van der Waals surface area contributed by atoms with Crippen molar-refractivity contribution in [3.63, 3.8) is 0 Å². The number of aliphatic hydroxyl groups excluding tert-OH is 1. The minimum Gasteiger partial charge on any atom is -0.396 e. The number of nitriles is 1. The van der Waals surface area contributed by atoms with Crippen LogP contribution in [0.2, 0.25) is 0 Å². The van der Waals surface area contributed by atoms with Crippen LogP contribution >= 0.6 is 0 Å². The van der Waals surface area contributed by atoms with Crippen LogP contribution in [0.3, 0.4) is 0 Å². The van der Waals surface area contributed by atoms with Crippen LogP contribution in [0.5, 0.6) is 0 Å². The number of hydrogen-bond donors (Lipinski definition) is 2. The minimum absolute atomic E-state index is 0.0580. The second kappa shape index (κ2) is 5.02. The molecule has 94 valence electrons. The lowest BCUT2D eigenvalue weighted by Gasteiger charge is -2.06. The van der Waals surface area contributed by atoms with E-state index in [0.717, 1.165) is 0 Å². The maximum atomic E-state index is 12.2. The van der Waals surface area contributed by atoms with Crippen molar-refractivity contribution in [1.82, 2.24) is 14.6 Å². The number of nitrogens with one attached hydrogen (secondary N) is 1. The van der Waals surface area contributed by atoms with Gasteiger partial charge in [-0.05, 0) is 19.3 Å². The van der Waals surface area contributed by atoms with Crippen molar-refractivity contribution in [1.29, 1.82) is 5.26 Å². The number of aromatic amines is 1. The Morgan fingerprint density at radius 2 is 2.39 bits per heavy atom. The maximum Gasteiger partial charge on any atom is 0.276 e. The monoisotopic (exact) mass is 246 g/mol. The average molecular weight is 246 g/mol. The lowest BCUT2D eigenvalue weighted by atomic mass is 10.1. The number of aromatic nitrogens is 3. The van der Waals surface area contributed by atoms with Gasteiger partial charge in [0.15, 0.2) is 5.65 Å². The van der Waals surface area contributed by atoms with Crippen molar-refractivity contribution in [3.8, 4) is 6.07 Å². The third kappa shape index (κ3) is 1.89. The molecule has 6 nitrogen and oxygen atoms in total. The smallest absolute Gasteiger partial charge is 0.276 e. The molecule has 18 heavy (non-hydrogen) atoms. The quantitative estimate of drug-likeness (QED) is 0.815. The molecule has 0 bridgehead atoms. The Kier molecular flexibility index (Phi) is 3.44. The molecule has 2 rings (SSSR count). The van der Waals surface area contributed by atoms with E-state index in [-0.39, 0.29) is 12.2 Å². The fourth-order valence-electron chi connectivity index (χ4n) is 1.98. The molecule has 2 aromatic heterocycles. The molecule has 0 fully saturated rings. The topological polar surface area (TPSA) is 94.2 Å². The summed E-state index contributed by atoms with van der Waals surface area (Å²) in [5.41, 5.74) is 1.84. The first kappa shape index (κ1) is 12.3. The lowest BCUT2D eigenvalue weighted by molar-refractivity contribution is 0.288. The Bertz CT molecular complexity index is 663. The zero-order valence-electron chi connectivity index (χ0n) is 10.1. The lowest BCUT2D eigenvalue weighted by Crippen LogP contribution is -2.22. The summed E-state index contributed by atoms with van der Waals surface area (Å²) < 4.78 is 1.29. The molecule has 0 radical (unpaired) electrons. The Morgan fingerprint density at radius 3 is 3.00 bits per heavy atom. The molecule has 0 aliphatic carbocycles. The van der Waals surface area contributed by atoms with Gasteiger partial charge in [-0.3, -0.25) is 9.89 Å². The van der Waals surface area contributed by atoms with E-state index in [2.05, 4.69) is 10.1 Å².